The summed E-state index contributed by atoms with van der Waals surface area (Å²) in [4.78, 5) is 2.59. The van der Waals surface area contributed by atoms with E-state index >= 15 is 0 Å². The predicted octanol–water partition coefficient (Wildman–Crippen LogP) is 18.5. The molecule has 0 fully saturated rings. The van der Waals surface area contributed by atoms with E-state index in [2.05, 4.69) is 280 Å². The monoisotopic (exact) mass is 903 g/mol. The van der Waals surface area contributed by atoms with E-state index in [0.29, 0.717) is 0 Å². The van der Waals surface area contributed by atoms with E-state index in [-0.39, 0.29) is 5.41 Å². The third-order valence-electron chi connectivity index (χ3n) is 15.9. The normalized spacial score (nSPS) is 13.7. The van der Waals surface area contributed by atoms with E-state index in [4.69, 9.17) is 0 Å². The van der Waals surface area contributed by atoms with Crippen molar-refractivity contribution < 1.29 is 0 Å². The van der Waals surface area contributed by atoms with Crippen molar-refractivity contribution in [1.29, 1.82) is 0 Å². The van der Waals surface area contributed by atoms with Gasteiger partial charge < -0.3 is 4.90 Å². The Morgan fingerprint density at radius 3 is 1.08 bits per heavy atom. The van der Waals surface area contributed by atoms with Gasteiger partial charge in [0.05, 0.1) is 11.1 Å². The highest BCUT2D eigenvalue weighted by atomic mass is 15.1. The Kier molecular flexibility index (Phi) is 9.22. The van der Waals surface area contributed by atoms with Gasteiger partial charge in [-0.3, -0.25) is 0 Å². The Bertz CT molecular complexity index is 3800. The second-order valence-corrected chi connectivity index (χ2v) is 19.9. The highest BCUT2D eigenvalue weighted by molar-refractivity contribution is 6.09. The van der Waals surface area contributed by atoms with Crippen LogP contribution in [-0.4, -0.2) is 0 Å². The summed E-state index contributed by atoms with van der Waals surface area (Å²) in [7, 11) is 0. The lowest BCUT2D eigenvalue weighted by molar-refractivity contribution is 0.657. The summed E-state index contributed by atoms with van der Waals surface area (Å²) in [5.74, 6) is 0. The highest BCUT2D eigenvalue weighted by Crippen LogP contribution is 2.68. The van der Waals surface area contributed by atoms with Crippen molar-refractivity contribution in [2.75, 3.05) is 4.90 Å². The van der Waals surface area contributed by atoms with E-state index in [1.165, 1.54) is 117 Å². The van der Waals surface area contributed by atoms with Gasteiger partial charge in [-0.2, -0.15) is 0 Å². The van der Waals surface area contributed by atoms with E-state index < -0.39 is 5.41 Å². The van der Waals surface area contributed by atoms with Gasteiger partial charge in [-0.1, -0.05) is 244 Å². The van der Waals surface area contributed by atoms with Gasteiger partial charge in [0.2, 0.25) is 0 Å². The molecule has 14 rings (SSSR count). The maximum Gasteiger partial charge on any atom is 0.0726 e. The Morgan fingerprint density at radius 2 is 0.606 bits per heavy atom. The van der Waals surface area contributed by atoms with Crippen LogP contribution >= 0.6 is 0 Å². The lowest BCUT2D eigenvalue weighted by Gasteiger charge is -2.34. The number of nitrogens with zero attached hydrogens (tertiary/aromatic N) is 1. The van der Waals surface area contributed by atoms with Crippen LogP contribution < -0.4 is 4.90 Å². The molecule has 11 aromatic rings. The summed E-state index contributed by atoms with van der Waals surface area (Å²) in [6, 6.07) is 97.3. The zero-order chi connectivity index (χ0) is 47.3. The number of anilines is 3. The molecule has 0 atom stereocenters. The van der Waals surface area contributed by atoms with E-state index in [1.807, 2.05) is 0 Å². The quantitative estimate of drug-likeness (QED) is 0.154. The predicted molar refractivity (Wildman–Crippen MR) is 297 cm³/mol. The minimum atomic E-state index is -0.526. The van der Waals surface area contributed by atoms with Crippen LogP contribution in [0.2, 0.25) is 0 Å². The average Bonchev–Trinajstić information content (AvgIpc) is 4.00. The fraction of sp³-hybridized carbons (Fsp3) is 0.0571. The fourth-order valence-corrected chi connectivity index (χ4v) is 12.6. The van der Waals surface area contributed by atoms with Crippen LogP contribution in [0.3, 0.4) is 0 Å². The first-order chi connectivity index (χ1) is 35.0. The summed E-state index contributed by atoms with van der Waals surface area (Å²) in [6.07, 6.45) is 0. The maximum absolute atomic E-state index is 2.63. The first-order valence-electron chi connectivity index (χ1n) is 24.9. The SMILES string of the molecule is CC1(C)c2ccc(-c3ccccc3)cc2-c2c1cc1c(c2N(c2ccc(-c3ccccc3)cc2)c2ccc(-c3ccc(-c4ccccc4)cc3)cc2)-c2ccccc2C12c1ccccc1-c1ccccc12. The molecule has 0 amide bonds. The summed E-state index contributed by atoms with van der Waals surface area (Å²) in [5.41, 5.74) is 28.1. The number of hydrogen-bond acceptors (Lipinski definition) is 1. The molecule has 0 saturated carbocycles. The summed E-state index contributed by atoms with van der Waals surface area (Å²) in [6.45, 7) is 4.89. The third kappa shape index (κ3) is 6.13. The fourth-order valence-electron chi connectivity index (χ4n) is 12.6. The van der Waals surface area contributed by atoms with Gasteiger partial charge in [-0.05, 0) is 130 Å². The molecule has 1 nitrogen and oxygen atoms in total. The van der Waals surface area contributed by atoms with Crippen molar-refractivity contribution in [1.82, 2.24) is 0 Å². The van der Waals surface area contributed by atoms with Crippen LogP contribution in [0.1, 0.15) is 47.2 Å². The third-order valence-corrected chi connectivity index (χ3v) is 15.9. The largest absolute Gasteiger partial charge is 0.309 e. The smallest absolute Gasteiger partial charge is 0.0726 e. The summed E-state index contributed by atoms with van der Waals surface area (Å²) >= 11 is 0. The number of hydrogen-bond donors (Lipinski definition) is 0. The second-order valence-electron chi connectivity index (χ2n) is 19.9. The minimum Gasteiger partial charge on any atom is -0.309 e. The molecular weight excluding hydrogens is 855 g/mol. The molecule has 3 aliphatic rings. The van der Waals surface area contributed by atoms with Crippen molar-refractivity contribution in [2.24, 2.45) is 0 Å². The van der Waals surface area contributed by atoms with Crippen molar-refractivity contribution >= 4 is 17.1 Å². The van der Waals surface area contributed by atoms with Gasteiger partial charge in [0.25, 0.3) is 0 Å². The molecule has 1 spiro atoms. The molecule has 0 saturated heterocycles. The van der Waals surface area contributed by atoms with Gasteiger partial charge in [-0.15, -0.1) is 0 Å². The Balaban J connectivity index is 1.07. The van der Waals surface area contributed by atoms with Gasteiger partial charge in [0.1, 0.15) is 0 Å². The van der Waals surface area contributed by atoms with Crippen LogP contribution in [-0.2, 0) is 10.8 Å². The molecule has 0 N–H and O–H groups in total. The molecule has 0 unspecified atom stereocenters. The van der Waals surface area contributed by atoms with Gasteiger partial charge in [0.15, 0.2) is 0 Å². The zero-order valence-electron chi connectivity index (χ0n) is 39.8. The number of rotatable bonds is 7. The molecule has 11 aromatic carbocycles. The molecule has 3 aliphatic carbocycles. The molecule has 0 bridgehead atoms. The Labute approximate surface area is 416 Å². The molecular formula is C70H49N. The van der Waals surface area contributed by atoms with E-state index in [0.717, 1.165) is 11.4 Å². The second kappa shape index (κ2) is 15.9. The topological polar surface area (TPSA) is 3.24 Å². The molecule has 0 aromatic heterocycles. The first-order valence-corrected chi connectivity index (χ1v) is 24.9. The lowest BCUT2D eigenvalue weighted by atomic mass is 9.69. The number of fused-ring (bicyclic) bond motifs is 13. The Morgan fingerprint density at radius 1 is 0.254 bits per heavy atom. The lowest BCUT2D eigenvalue weighted by Crippen LogP contribution is -2.27. The van der Waals surface area contributed by atoms with E-state index in [9.17, 15) is 0 Å². The highest BCUT2D eigenvalue weighted by Gasteiger charge is 2.54. The standard InChI is InChI=1S/C70H49N/c1-69(2)60-43-38-53(48-22-10-5-11-23-48)44-59(60)67-64(69)45-65-66(58-26-14-17-29-63(58)70(65)61-27-15-12-24-56(61)57-25-13-16-28-62(57)70)68(67)71(54-39-34-51(35-40-54)47-20-8-4-9-21-47)55-41-36-52(37-42-55)50-32-30-49(31-33-50)46-18-6-3-7-19-46/h3-45H,1-2H3. The van der Waals surface area contributed by atoms with Crippen LogP contribution in [0.25, 0.3) is 77.9 Å². The van der Waals surface area contributed by atoms with E-state index in [1.54, 1.807) is 0 Å². The van der Waals surface area contributed by atoms with Gasteiger partial charge in [0, 0.05) is 27.9 Å². The van der Waals surface area contributed by atoms with Crippen molar-refractivity contribution in [2.45, 2.75) is 24.7 Å². The van der Waals surface area contributed by atoms with Crippen LogP contribution in [0.4, 0.5) is 17.1 Å². The molecule has 0 heterocycles. The van der Waals surface area contributed by atoms with Crippen LogP contribution in [0.15, 0.2) is 261 Å². The first kappa shape index (κ1) is 41.2. The van der Waals surface area contributed by atoms with Crippen LogP contribution in [0.5, 0.6) is 0 Å². The summed E-state index contributed by atoms with van der Waals surface area (Å²) < 4.78 is 0. The maximum atomic E-state index is 2.63. The molecule has 334 valence electrons. The molecule has 0 aliphatic heterocycles. The van der Waals surface area contributed by atoms with Crippen molar-refractivity contribution in [3.05, 3.63) is 294 Å². The average molecular weight is 904 g/mol. The van der Waals surface area contributed by atoms with Crippen molar-refractivity contribution in [3.8, 4) is 77.9 Å². The number of benzene rings is 11. The summed E-state index contributed by atoms with van der Waals surface area (Å²) in [5, 5.41) is 0. The molecule has 0 radical (unpaired) electrons. The molecule has 1 heteroatoms. The van der Waals surface area contributed by atoms with Crippen molar-refractivity contribution in [3.63, 3.8) is 0 Å². The minimum absolute atomic E-state index is 0.310. The van der Waals surface area contributed by atoms with Crippen LogP contribution in [0, 0.1) is 0 Å². The van der Waals surface area contributed by atoms with Gasteiger partial charge >= 0.3 is 0 Å². The van der Waals surface area contributed by atoms with Gasteiger partial charge in [-0.25, -0.2) is 0 Å². The molecule has 71 heavy (non-hydrogen) atoms. The Hall–Kier alpha value is -8.78. The zero-order valence-corrected chi connectivity index (χ0v) is 39.8.